The van der Waals surface area contributed by atoms with Gasteiger partial charge in [0.2, 0.25) is 5.91 Å². The monoisotopic (exact) mass is 277 g/mol. The van der Waals surface area contributed by atoms with E-state index in [1.54, 1.807) is 0 Å². The summed E-state index contributed by atoms with van der Waals surface area (Å²) in [7, 11) is 0. The number of rotatable bonds is 4. The van der Waals surface area contributed by atoms with Crippen LogP contribution in [0.25, 0.3) is 0 Å². The first-order valence-electron chi connectivity index (χ1n) is 7.24. The topological polar surface area (TPSA) is 29.1 Å². The van der Waals surface area contributed by atoms with Crippen molar-refractivity contribution in [2.75, 3.05) is 6.54 Å². The van der Waals surface area contributed by atoms with Crippen LogP contribution in [0.3, 0.4) is 0 Å². The predicted octanol–water partition coefficient (Wildman–Crippen LogP) is 3.43. The number of amides is 1. The minimum atomic E-state index is 0.279. The van der Waals surface area contributed by atoms with Crippen LogP contribution in [0.1, 0.15) is 31.2 Å². The molecule has 1 amide bonds. The summed E-state index contributed by atoms with van der Waals surface area (Å²) in [6.07, 6.45) is 5.90. The van der Waals surface area contributed by atoms with E-state index < -0.39 is 0 Å². The molecule has 2 aliphatic rings. The van der Waals surface area contributed by atoms with Crippen molar-refractivity contribution in [1.82, 2.24) is 5.32 Å². The van der Waals surface area contributed by atoms with E-state index in [2.05, 4.69) is 5.32 Å². The minimum absolute atomic E-state index is 0.279. The number of halogens is 1. The van der Waals surface area contributed by atoms with Crippen LogP contribution in [0.4, 0.5) is 0 Å². The number of benzene rings is 1. The van der Waals surface area contributed by atoms with Gasteiger partial charge in [0.25, 0.3) is 0 Å². The number of carbonyl (C=O) groups excluding carboxylic acids is 1. The third-order valence-corrected chi connectivity index (χ3v) is 4.95. The number of fused-ring (bicyclic) bond motifs is 2. The van der Waals surface area contributed by atoms with Crippen molar-refractivity contribution < 1.29 is 4.79 Å². The lowest BCUT2D eigenvalue weighted by atomic mass is 9.88. The maximum Gasteiger partial charge on any atom is 0.223 e. The molecule has 0 spiro atoms. The van der Waals surface area contributed by atoms with Crippen molar-refractivity contribution >= 4 is 17.5 Å². The smallest absolute Gasteiger partial charge is 0.223 e. The molecule has 1 N–H and O–H groups in total. The molecule has 2 bridgehead atoms. The summed E-state index contributed by atoms with van der Waals surface area (Å²) in [6.45, 7) is 0.731. The van der Waals surface area contributed by atoms with E-state index >= 15 is 0 Å². The molecule has 0 radical (unpaired) electrons. The van der Waals surface area contributed by atoms with Crippen LogP contribution in [0.5, 0.6) is 0 Å². The van der Waals surface area contributed by atoms with E-state index in [0.29, 0.717) is 11.8 Å². The summed E-state index contributed by atoms with van der Waals surface area (Å²) in [6, 6.07) is 7.83. The highest BCUT2D eigenvalue weighted by molar-refractivity contribution is 6.30. The molecule has 0 saturated heterocycles. The molecule has 0 aliphatic heterocycles. The van der Waals surface area contributed by atoms with E-state index in [4.69, 9.17) is 11.6 Å². The van der Waals surface area contributed by atoms with Crippen LogP contribution < -0.4 is 5.32 Å². The summed E-state index contributed by atoms with van der Waals surface area (Å²) in [4.78, 5) is 12.1. The molecule has 2 saturated carbocycles. The average molecular weight is 278 g/mol. The number of hydrogen-bond donors (Lipinski definition) is 1. The van der Waals surface area contributed by atoms with E-state index in [0.717, 1.165) is 30.3 Å². The van der Waals surface area contributed by atoms with Gasteiger partial charge in [-0.05, 0) is 55.2 Å². The molecule has 1 aromatic carbocycles. The average Bonchev–Trinajstić information content (AvgIpc) is 3.03. The van der Waals surface area contributed by atoms with Gasteiger partial charge in [-0.1, -0.05) is 30.2 Å². The molecule has 2 aliphatic carbocycles. The number of nitrogens with one attached hydrogen (secondary N) is 1. The first-order valence-corrected chi connectivity index (χ1v) is 7.62. The predicted molar refractivity (Wildman–Crippen MR) is 77.1 cm³/mol. The fraction of sp³-hybridized carbons (Fsp3) is 0.562. The Morgan fingerprint density at radius 3 is 2.63 bits per heavy atom. The molecule has 19 heavy (non-hydrogen) atoms. The van der Waals surface area contributed by atoms with Gasteiger partial charge >= 0.3 is 0 Å². The Morgan fingerprint density at radius 1 is 1.21 bits per heavy atom. The van der Waals surface area contributed by atoms with Crippen molar-refractivity contribution in [3.8, 4) is 0 Å². The molecular formula is C16H20ClNO. The Kier molecular flexibility index (Phi) is 3.79. The summed E-state index contributed by atoms with van der Waals surface area (Å²) in [5.74, 6) is 2.07. The van der Waals surface area contributed by atoms with Crippen molar-refractivity contribution in [3.05, 3.63) is 34.9 Å². The highest BCUT2D eigenvalue weighted by atomic mass is 35.5. The number of hydrogen-bond acceptors (Lipinski definition) is 1. The van der Waals surface area contributed by atoms with Crippen LogP contribution in [0.2, 0.25) is 5.02 Å². The lowest BCUT2D eigenvalue weighted by molar-refractivity contribution is -0.126. The quantitative estimate of drug-likeness (QED) is 0.897. The maximum atomic E-state index is 12.1. The van der Waals surface area contributed by atoms with Gasteiger partial charge in [0, 0.05) is 17.5 Å². The normalized spacial score (nSPS) is 28.6. The van der Waals surface area contributed by atoms with Crippen LogP contribution >= 0.6 is 11.6 Å². The molecule has 0 aromatic heterocycles. The van der Waals surface area contributed by atoms with Gasteiger partial charge in [-0.2, -0.15) is 0 Å². The lowest BCUT2D eigenvalue weighted by Crippen LogP contribution is -2.34. The molecule has 2 fully saturated rings. The van der Waals surface area contributed by atoms with Gasteiger partial charge in [0.1, 0.15) is 0 Å². The van der Waals surface area contributed by atoms with Gasteiger partial charge < -0.3 is 5.32 Å². The minimum Gasteiger partial charge on any atom is -0.356 e. The summed E-state index contributed by atoms with van der Waals surface area (Å²) in [5, 5.41) is 3.86. The molecule has 1 aromatic rings. The number of carbonyl (C=O) groups is 1. The molecule has 3 rings (SSSR count). The largest absolute Gasteiger partial charge is 0.356 e. The maximum absolute atomic E-state index is 12.1. The van der Waals surface area contributed by atoms with Gasteiger partial charge in [-0.25, -0.2) is 0 Å². The highest BCUT2D eigenvalue weighted by Crippen LogP contribution is 2.48. The van der Waals surface area contributed by atoms with Crippen LogP contribution in [0, 0.1) is 17.8 Å². The Bertz CT molecular complexity index is 456. The van der Waals surface area contributed by atoms with Gasteiger partial charge in [0.05, 0.1) is 0 Å². The van der Waals surface area contributed by atoms with E-state index in [1.807, 2.05) is 24.3 Å². The molecule has 3 atom stereocenters. The second-order valence-corrected chi connectivity index (χ2v) is 6.39. The first-order chi connectivity index (χ1) is 9.22. The molecule has 3 heteroatoms. The van der Waals surface area contributed by atoms with Crippen molar-refractivity contribution in [3.63, 3.8) is 0 Å². The fourth-order valence-corrected chi connectivity index (χ4v) is 3.80. The second kappa shape index (κ2) is 5.54. The third-order valence-electron chi connectivity index (χ3n) is 4.70. The molecule has 102 valence electrons. The third kappa shape index (κ3) is 2.94. The molecule has 0 unspecified atom stereocenters. The van der Waals surface area contributed by atoms with Crippen molar-refractivity contribution in [1.29, 1.82) is 0 Å². The fourth-order valence-electron chi connectivity index (χ4n) is 3.68. The van der Waals surface area contributed by atoms with Crippen molar-refractivity contribution in [2.24, 2.45) is 17.8 Å². The first kappa shape index (κ1) is 13.0. The molecule has 0 heterocycles. The summed E-state index contributed by atoms with van der Waals surface area (Å²) >= 11 is 5.85. The lowest BCUT2D eigenvalue weighted by Gasteiger charge is -2.20. The zero-order valence-corrected chi connectivity index (χ0v) is 11.8. The van der Waals surface area contributed by atoms with Crippen LogP contribution in [-0.2, 0) is 11.2 Å². The van der Waals surface area contributed by atoms with Crippen LogP contribution in [0.15, 0.2) is 24.3 Å². The van der Waals surface area contributed by atoms with Gasteiger partial charge in [-0.15, -0.1) is 0 Å². The molecular weight excluding hydrogens is 258 g/mol. The zero-order valence-electron chi connectivity index (χ0n) is 11.1. The van der Waals surface area contributed by atoms with Crippen LogP contribution in [-0.4, -0.2) is 12.5 Å². The highest BCUT2D eigenvalue weighted by Gasteiger charge is 2.42. The van der Waals surface area contributed by atoms with E-state index in [-0.39, 0.29) is 5.91 Å². The Labute approximate surface area is 119 Å². The van der Waals surface area contributed by atoms with Gasteiger partial charge in [-0.3, -0.25) is 4.79 Å². The van der Waals surface area contributed by atoms with Crippen molar-refractivity contribution in [2.45, 2.75) is 32.1 Å². The van der Waals surface area contributed by atoms with E-state index in [9.17, 15) is 4.79 Å². The summed E-state index contributed by atoms with van der Waals surface area (Å²) < 4.78 is 0. The van der Waals surface area contributed by atoms with Gasteiger partial charge in [0.15, 0.2) is 0 Å². The Balaban J connectivity index is 1.45. The SMILES string of the molecule is O=C(NCCc1ccc(Cl)cc1)[C@H]1C[C@H]2CC[C@H]1C2. The molecule has 2 nitrogen and oxygen atoms in total. The zero-order chi connectivity index (χ0) is 13.2. The Morgan fingerprint density at radius 2 is 2.00 bits per heavy atom. The summed E-state index contributed by atoms with van der Waals surface area (Å²) in [5.41, 5.74) is 1.22. The van der Waals surface area contributed by atoms with E-state index in [1.165, 1.54) is 24.8 Å². The Hall–Kier alpha value is -1.02. The second-order valence-electron chi connectivity index (χ2n) is 5.95. The standard InChI is InChI=1S/C16H20ClNO/c17-14-5-2-11(3-6-14)7-8-18-16(19)15-10-12-1-4-13(15)9-12/h2-3,5-6,12-13,15H,1,4,7-10H2,(H,18,19)/t12-,13-,15-/m0/s1.